The van der Waals surface area contributed by atoms with Gasteiger partial charge in [-0.2, -0.15) is 5.26 Å². The Morgan fingerprint density at radius 3 is 2.64 bits per heavy atom. The Morgan fingerprint density at radius 2 is 1.92 bits per heavy atom. The summed E-state index contributed by atoms with van der Waals surface area (Å²) < 4.78 is 25.0. The van der Waals surface area contributed by atoms with Gasteiger partial charge in [-0.25, -0.2) is 0 Å². The summed E-state index contributed by atoms with van der Waals surface area (Å²) in [4.78, 5) is 2.18. The number of ether oxygens (including phenoxy) is 2. The molecule has 3 aromatic rings. The molecular weight excluding hydrogens is 479 g/mol. The number of nitriles is 1. The van der Waals surface area contributed by atoms with Crippen LogP contribution in [-0.4, -0.2) is 42.9 Å². The molecule has 1 unspecified atom stereocenters. The van der Waals surface area contributed by atoms with Gasteiger partial charge in [0.2, 0.25) is 0 Å². The lowest BCUT2D eigenvalue weighted by Crippen LogP contribution is -2.49. The molecule has 1 fully saturated rings. The number of benzene rings is 3. The average Bonchev–Trinajstić information content (AvgIpc) is 2.85. The Labute approximate surface area is 215 Å². The van der Waals surface area contributed by atoms with E-state index in [-0.39, 0.29) is 18.3 Å². The molecule has 0 bridgehead atoms. The quantitative estimate of drug-likeness (QED) is 0.411. The molecule has 3 aromatic carbocycles. The fraction of sp³-hybridized carbons (Fsp3) is 0.276. The number of phenols is 1. The summed E-state index contributed by atoms with van der Waals surface area (Å²) in [5.74, 6) is 1.74. The predicted molar refractivity (Wildman–Crippen MR) is 138 cm³/mol. The minimum atomic E-state index is -0.445. The zero-order valence-corrected chi connectivity index (χ0v) is 20.6. The molecule has 2 aliphatic heterocycles. The third kappa shape index (κ3) is 4.90. The first-order valence-electron chi connectivity index (χ1n) is 11.9. The van der Waals surface area contributed by atoms with Crippen molar-refractivity contribution in [1.29, 1.82) is 5.26 Å². The second-order valence-corrected chi connectivity index (χ2v) is 9.69. The van der Waals surface area contributed by atoms with Gasteiger partial charge in [0.05, 0.1) is 18.3 Å². The first-order chi connectivity index (χ1) is 17.4. The van der Waals surface area contributed by atoms with Crippen LogP contribution in [0.15, 0.2) is 60.7 Å². The van der Waals surface area contributed by atoms with Gasteiger partial charge in [-0.1, -0.05) is 23.7 Å². The maximum atomic E-state index is 12.6. The minimum absolute atomic E-state index is 0.151. The van der Waals surface area contributed by atoms with Gasteiger partial charge in [0, 0.05) is 41.7 Å². The first kappa shape index (κ1) is 24.2. The van der Waals surface area contributed by atoms with Crippen LogP contribution in [-0.2, 0) is 0 Å². The first-order valence-corrected chi connectivity index (χ1v) is 12.3. The van der Waals surface area contributed by atoms with Gasteiger partial charge in [0.25, 0.3) is 0 Å². The Kier molecular flexibility index (Phi) is 6.86. The molecule has 1 atom stereocenters. The molecule has 0 spiro atoms. The summed E-state index contributed by atoms with van der Waals surface area (Å²) in [5, 5.41) is 20.0. The van der Waals surface area contributed by atoms with E-state index in [9.17, 15) is 14.8 Å². The molecular formula is C29H26ClFN2O3. The molecule has 2 aliphatic rings. The van der Waals surface area contributed by atoms with Crippen LogP contribution in [0.25, 0.3) is 11.1 Å². The Bertz CT molecular complexity index is 1340. The van der Waals surface area contributed by atoms with E-state index in [4.69, 9.17) is 21.1 Å². The molecule has 2 heterocycles. The van der Waals surface area contributed by atoms with E-state index in [1.54, 1.807) is 30.3 Å². The average molecular weight is 505 g/mol. The summed E-state index contributed by atoms with van der Waals surface area (Å²) in [7, 11) is 0. The van der Waals surface area contributed by atoms with Crippen molar-refractivity contribution in [3.8, 4) is 23.3 Å². The van der Waals surface area contributed by atoms with Crippen LogP contribution in [0.5, 0.6) is 17.2 Å². The normalized spacial score (nSPS) is 17.7. The third-order valence-electron chi connectivity index (χ3n) is 6.73. The number of likely N-dealkylation sites (tertiary alicyclic amines) is 1. The van der Waals surface area contributed by atoms with Gasteiger partial charge in [-0.3, -0.25) is 9.29 Å². The number of nitrogens with zero attached hydrogens (tertiary/aromatic N) is 2. The Hall–Kier alpha value is -3.53. The summed E-state index contributed by atoms with van der Waals surface area (Å²) in [6.45, 7) is 4.63. The van der Waals surface area contributed by atoms with Crippen LogP contribution in [0, 0.1) is 17.2 Å². The number of rotatable bonds is 7. The smallest absolute Gasteiger partial charge is 0.150 e. The monoisotopic (exact) mass is 504 g/mol. The largest absolute Gasteiger partial charge is 0.508 e. The van der Waals surface area contributed by atoms with Gasteiger partial charge in [0.15, 0.2) is 0 Å². The predicted octanol–water partition coefficient (Wildman–Crippen LogP) is 6.26. The van der Waals surface area contributed by atoms with Crippen LogP contribution in [0.1, 0.15) is 35.3 Å². The van der Waals surface area contributed by atoms with Gasteiger partial charge in [0.1, 0.15) is 30.0 Å². The Morgan fingerprint density at radius 1 is 1.14 bits per heavy atom. The lowest BCUT2D eigenvalue weighted by atomic mass is 9.85. The van der Waals surface area contributed by atoms with Crippen LogP contribution < -0.4 is 9.47 Å². The van der Waals surface area contributed by atoms with Crippen molar-refractivity contribution in [2.45, 2.75) is 13.0 Å². The van der Waals surface area contributed by atoms with E-state index in [2.05, 4.69) is 11.0 Å². The van der Waals surface area contributed by atoms with Gasteiger partial charge < -0.3 is 14.6 Å². The number of hydrogen-bond donors (Lipinski definition) is 1. The minimum Gasteiger partial charge on any atom is -0.508 e. The van der Waals surface area contributed by atoms with E-state index in [0.29, 0.717) is 22.9 Å². The van der Waals surface area contributed by atoms with Crippen molar-refractivity contribution < 1.29 is 19.0 Å². The van der Waals surface area contributed by atoms with Gasteiger partial charge in [-0.15, -0.1) is 0 Å². The molecule has 7 heteroatoms. The highest BCUT2D eigenvalue weighted by Crippen LogP contribution is 2.47. The van der Waals surface area contributed by atoms with E-state index in [1.807, 2.05) is 37.3 Å². The van der Waals surface area contributed by atoms with Crippen molar-refractivity contribution in [3.05, 3.63) is 87.9 Å². The summed E-state index contributed by atoms with van der Waals surface area (Å²) >= 11 is 6.34. The van der Waals surface area contributed by atoms with Crippen LogP contribution in [0.3, 0.4) is 0 Å². The van der Waals surface area contributed by atoms with E-state index in [1.165, 1.54) is 0 Å². The molecule has 0 radical (unpaired) electrons. The zero-order valence-electron chi connectivity index (χ0n) is 19.9. The second-order valence-electron chi connectivity index (χ2n) is 9.25. The molecule has 0 aromatic heterocycles. The highest BCUT2D eigenvalue weighted by Gasteiger charge is 2.30. The van der Waals surface area contributed by atoms with Gasteiger partial charge >= 0.3 is 0 Å². The number of phenolic OH excluding ortho intramolecular Hbond substituents is 1. The number of allylic oxidation sites excluding steroid dienone is 1. The van der Waals surface area contributed by atoms with Crippen molar-refractivity contribution >= 4 is 22.7 Å². The molecule has 0 amide bonds. The molecule has 1 N–H and O–H groups in total. The van der Waals surface area contributed by atoms with Crippen molar-refractivity contribution in [2.24, 2.45) is 5.92 Å². The molecule has 5 nitrogen and oxygen atoms in total. The standard InChI is InChI=1S/C29H26ClFN2O3/c1-18-26-13-24(34)4-7-27(26)36-29(28(18)22-10-19(15-32)11-23(30)12-22)21-2-5-25(6-3-21)35-9-8-33-16-20(14-31)17-33/h2-7,10-13,20,29,34H,8-9,14,16-17H2,1H3. The lowest BCUT2D eigenvalue weighted by molar-refractivity contribution is 0.0668. The van der Waals surface area contributed by atoms with Gasteiger partial charge in [-0.05, 0) is 72.2 Å². The number of aromatic hydroxyl groups is 1. The fourth-order valence-corrected chi connectivity index (χ4v) is 5.08. The number of fused-ring (bicyclic) bond motifs is 1. The summed E-state index contributed by atoms with van der Waals surface area (Å²) in [5.41, 5.74) is 4.77. The molecule has 5 rings (SSSR count). The summed E-state index contributed by atoms with van der Waals surface area (Å²) in [6.07, 6.45) is -0.445. The molecule has 1 saturated heterocycles. The maximum absolute atomic E-state index is 12.6. The molecule has 0 saturated carbocycles. The highest BCUT2D eigenvalue weighted by atomic mass is 35.5. The summed E-state index contributed by atoms with van der Waals surface area (Å²) in [6, 6.07) is 20.2. The highest BCUT2D eigenvalue weighted by molar-refractivity contribution is 6.31. The number of halogens is 2. The fourth-order valence-electron chi connectivity index (χ4n) is 4.84. The third-order valence-corrected chi connectivity index (χ3v) is 6.94. The van der Waals surface area contributed by atoms with Crippen molar-refractivity contribution in [3.63, 3.8) is 0 Å². The topological polar surface area (TPSA) is 65.7 Å². The zero-order chi connectivity index (χ0) is 25.2. The van der Waals surface area contributed by atoms with Crippen molar-refractivity contribution in [1.82, 2.24) is 4.90 Å². The molecule has 184 valence electrons. The van der Waals surface area contributed by atoms with E-state index < -0.39 is 6.10 Å². The lowest BCUT2D eigenvalue weighted by Gasteiger charge is -2.37. The van der Waals surface area contributed by atoms with Crippen LogP contribution >= 0.6 is 11.6 Å². The number of alkyl halides is 1. The van der Waals surface area contributed by atoms with E-state index >= 15 is 0 Å². The Balaban J connectivity index is 1.42. The maximum Gasteiger partial charge on any atom is 0.150 e. The van der Waals surface area contributed by atoms with Crippen LogP contribution in [0.2, 0.25) is 5.02 Å². The molecule has 0 aliphatic carbocycles. The van der Waals surface area contributed by atoms with Crippen molar-refractivity contribution in [2.75, 3.05) is 32.9 Å². The SMILES string of the molecule is CC1=C(c2cc(Cl)cc(C#N)c2)C(c2ccc(OCCN3CC(CF)C3)cc2)Oc2ccc(O)cc21. The van der Waals surface area contributed by atoms with E-state index in [0.717, 1.165) is 53.2 Å². The molecule has 36 heavy (non-hydrogen) atoms. The number of hydrogen-bond acceptors (Lipinski definition) is 5. The van der Waals surface area contributed by atoms with Crippen LogP contribution in [0.4, 0.5) is 4.39 Å². The second kappa shape index (κ2) is 10.2.